The molecule has 0 aliphatic carbocycles. The number of H-pyrrole nitrogens is 2. The Kier molecular flexibility index (Phi) is 7.26. The maximum atomic E-state index is 13.3. The van der Waals surface area contributed by atoms with Crippen molar-refractivity contribution in [1.82, 2.24) is 24.1 Å². The van der Waals surface area contributed by atoms with E-state index >= 15 is 0 Å². The molecule has 3 heterocycles. The van der Waals surface area contributed by atoms with Gasteiger partial charge in [0.15, 0.2) is 0 Å². The number of nitrogens with zero attached hydrogens (tertiary/aromatic N) is 3. The molecule has 11 heteroatoms. The highest BCUT2D eigenvalue weighted by molar-refractivity contribution is 5.50. The molecule has 4 N–H and O–H groups in total. The second kappa shape index (κ2) is 11.0. The molecule has 0 amide bonds. The molecule has 5 rings (SSSR count). The lowest BCUT2D eigenvalue weighted by Crippen LogP contribution is -2.36. The first-order valence-electron chi connectivity index (χ1n) is 13.0. The Morgan fingerprint density at radius 2 is 1.12 bits per heavy atom. The zero-order valence-electron chi connectivity index (χ0n) is 22.3. The van der Waals surface area contributed by atoms with Crippen molar-refractivity contribution in [3.05, 3.63) is 143 Å². The van der Waals surface area contributed by atoms with Gasteiger partial charge in [-0.05, 0) is 60.4 Å². The van der Waals surface area contributed by atoms with Crippen molar-refractivity contribution in [2.45, 2.75) is 32.6 Å². The summed E-state index contributed by atoms with van der Waals surface area (Å²) in [5.41, 5.74) is -2.02. The van der Waals surface area contributed by atoms with Gasteiger partial charge in [0, 0.05) is 6.20 Å². The van der Waals surface area contributed by atoms with Crippen LogP contribution in [-0.4, -0.2) is 34.3 Å². The van der Waals surface area contributed by atoms with Crippen LogP contribution in [0.15, 0.2) is 92.1 Å². The maximum absolute atomic E-state index is 13.3. The summed E-state index contributed by atoms with van der Waals surface area (Å²) in [6.07, 6.45) is 2.91. The number of hydrogen-bond acceptors (Lipinski definition) is 7. The molecule has 0 saturated heterocycles. The lowest BCUT2D eigenvalue weighted by atomic mass is 9.90. The smallest absolute Gasteiger partial charge is 0.335 e. The summed E-state index contributed by atoms with van der Waals surface area (Å²) >= 11 is 0. The van der Waals surface area contributed by atoms with E-state index in [0.717, 1.165) is 33.1 Å². The van der Waals surface area contributed by atoms with E-state index in [1.807, 2.05) is 13.8 Å². The second-order valence-electron chi connectivity index (χ2n) is 9.39. The molecule has 2 aromatic carbocycles. The van der Waals surface area contributed by atoms with E-state index in [0.29, 0.717) is 0 Å². The SMILES string of the molecule is CCc1ccc(-n2c(O)c(C(c3ccccn3)c3c(O)n(-c4ccc(CC)cc4)c(=O)[nH]c3=O)c(=O)[nH]c2=O)cc1. The molecule has 0 aliphatic rings. The molecule has 5 aromatic rings. The number of pyridine rings is 1. The van der Waals surface area contributed by atoms with Gasteiger partial charge in [0.05, 0.1) is 34.1 Å². The Morgan fingerprint density at radius 3 is 1.49 bits per heavy atom. The number of aromatic amines is 2. The predicted octanol–water partition coefficient (Wildman–Crippen LogP) is 2.48. The van der Waals surface area contributed by atoms with Crippen LogP contribution in [0.4, 0.5) is 0 Å². The summed E-state index contributed by atoms with van der Waals surface area (Å²) in [5, 5.41) is 22.9. The average molecular weight is 554 g/mol. The quantitative estimate of drug-likeness (QED) is 0.241. The normalized spacial score (nSPS) is 11.2. The highest BCUT2D eigenvalue weighted by Gasteiger charge is 2.33. The molecular formula is C30H27N5O6. The van der Waals surface area contributed by atoms with Gasteiger partial charge in [-0.3, -0.25) is 24.5 Å². The number of aromatic hydroxyl groups is 2. The Labute approximate surface area is 232 Å². The summed E-state index contributed by atoms with van der Waals surface area (Å²) < 4.78 is 1.80. The molecule has 0 fully saturated rings. The van der Waals surface area contributed by atoms with Crippen LogP contribution in [0.2, 0.25) is 0 Å². The topological polar surface area (TPSA) is 163 Å². The van der Waals surface area contributed by atoms with Crippen molar-refractivity contribution < 1.29 is 10.2 Å². The Bertz CT molecular complexity index is 1830. The molecule has 11 nitrogen and oxygen atoms in total. The van der Waals surface area contributed by atoms with Gasteiger partial charge in [-0.25, -0.2) is 18.7 Å². The highest BCUT2D eigenvalue weighted by Crippen LogP contribution is 2.36. The molecule has 0 spiro atoms. The standard InChI is InChI=1S/C30H27N5O6/c1-3-17-8-12-19(13-9-17)34-27(38)23(25(36)32-29(34)40)22(21-7-5-6-16-31-21)24-26(37)33-30(41)35(28(24)39)20-14-10-18(4-2)11-15-20/h5-16,22,38-39H,3-4H2,1-2H3,(H,32,36,40)(H,33,37,41). The van der Waals surface area contributed by atoms with Crippen molar-refractivity contribution in [3.63, 3.8) is 0 Å². The monoisotopic (exact) mass is 553 g/mol. The lowest BCUT2D eigenvalue weighted by molar-refractivity contribution is 0.411. The summed E-state index contributed by atoms with van der Waals surface area (Å²) in [4.78, 5) is 61.2. The molecular weight excluding hydrogens is 526 g/mol. The molecule has 0 unspecified atom stereocenters. The number of hydrogen-bond donors (Lipinski definition) is 4. The summed E-state index contributed by atoms with van der Waals surface area (Å²) in [5.74, 6) is -2.97. The second-order valence-corrected chi connectivity index (χ2v) is 9.39. The molecule has 0 saturated carbocycles. The van der Waals surface area contributed by atoms with Gasteiger partial charge in [-0.15, -0.1) is 0 Å². The third kappa shape index (κ3) is 4.89. The molecule has 3 aromatic heterocycles. The van der Waals surface area contributed by atoms with Crippen LogP contribution in [0.3, 0.4) is 0 Å². The van der Waals surface area contributed by atoms with Crippen molar-refractivity contribution in [2.75, 3.05) is 0 Å². The molecule has 41 heavy (non-hydrogen) atoms. The van der Waals surface area contributed by atoms with Gasteiger partial charge in [0.2, 0.25) is 11.8 Å². The van der Waals surface area contributed by atoms with Gasteiger partial charge >= 0.3 is 11.4 Å². The number of aryl methyl sites for hydroxylation is 2. The zero-order valence-corrected chi connectivity index (χ0v) is 22.3. The summed E-state index contributed by atoms with van der Waals surface area (Å²) in [6.45, 7) is 3.94. The first kappa shape index (κ1) is 27.1. The first-order valence-corrected chi connectivity index (χ1v) is 13.0. The maximum Gasteiger partial charge on any atom is 0.335 e. The van der Waals surface area contributed by atoms with E-state index in [2.05, 4.69) is 15.0 Å². The average Bonchev–Trinajstić information content (AvgIpc) is 2.97. The number of benzene rings is 2. The number of aromatic nitrogens is 5. The third-order valence-electron chi connectivity index (χ3n) is 7.01. The van der Waals surface area contributed by atoms with E-state index in [9.17, 15) is 29.4 Å². The summed E-state index contributed by atoms with van der Waals surface area (Å²) in [6, 6.07) is 18.3. The fourth-order valence-electron chi connectivity index (χ4n) is 4.82. The zero-order chi connectivity index (χ0) is 29.3. The van der Waals surface area contributed by atoms with E-state index in [1.165, 1.54) is 12.3 Å². The summed E-state index contributed by atoms with van der Waals surface area (Å²) in [7, 11) is 0. The minimum atomic E-state index is -1.48. The van der Waals surface area contributed by atoms with Crippen molar-refractivity contribution in [2.24, 2.45) is 0 Å². The Balaban J connectivity index is 1.83. The fourth-order valence-corrected chi connectivity index (χ4v) is 4.82. The van der Waals surface area contributed by atoms with E-state index < -0.39 is 51.3 Å². The van der Waals surface area contributed by atoms with E-state index in [4.69, 9.17) is 0 Å². The van der Waals surface area contributed by atoms with Crippen LogP contribution in [0, 0.1) is 0 Å². The molecule has 0 radical (unpaired) electrons. The van der Waals surface area contributed by atoms with E-state index in [-0.39, 0.29) is 17.1 Å². The lowest BCUT2D eigenvalue weighted by Gasteiger charge is -2.21. The van der Waals surface area contributed by atoms with Gasteiger partial charge in [0.25, 0.3) is 11.1 Å². The van der Waals surface area contributed by atoms with Crippen LogP contribution in [0.1, 0.15) is 47.7 Å². The molecule has 0 bridgehead atoms. The predicted molar refractivity (Wildman–Crippen MR) is 153 cm³/mol. The fraction of sp³-hybridized carbons (Fsp3) is 0.167. The van der Waals surface area contributed by atoms with E-state index in [1.54, 1.807) is 60.7 Å². The minimum Gasteiger partial charge on any atom is -0.494 e. The van der Waals surface area contributed by atoms with Gasteiger partial charge < -0.3 is 10.2 Å². The van der Waals surface area contributed by atoms with Crippen molar-refractivity contribution in [1.29, 1.82) is 0 Å². The van der Waals surface area contributed by atoms with Gasteiger partial charge in [-0.2, -0.15) is 0 Å². The van der Waals surface area contributed by atoms with Crippen LogP contribution >= 0.6 is 0 Å². The van der Waals surface area contributed by atoms with Crippen molar-refractivity contribution >= 4 is 0 Å². The van der Waals surface area contributed by atoms with Gasteiger partial charge in [0.1, 0.15) is 0 Å². The van der Waals surface area contributed by atoms with Crippen LogP contribution in [0.25, 0.3) is 11.4 Å². The van der Waals surface area contributed by atoms with Crippen LogP contribution in [0.5, 0.6) is 11.8 Å². The number of nitrogens with one attached hydrogen (secondary N) is 2. The largest absolute Gasteiger partial charge is 0.494 e. The molecule has 0 aliphatic heterocycles. The Morgan fingerprint density at radius 1 is 0.683 bits per heavy atom. The molecule has 0 atom stereocenters. The van der Waals surface area contributed by atoms with Crippen LogP contribution in [-0.2, 0) is 12.8 Å². The van der Waals surface area contributed by atoms with Crippen LogP contribution < -0.4 is 22.5 Å². The highest BCUT2D eigenvalue weighted by atomic mass is 16.3. The third-order valence-corrected chi connectivity index (χ3v) is 7.01. The first-order chi connectivity index (χ1) is 19.7. The minimum absolute atomic E-state index is 0.104. The molecule has 208 valence electrons. The van der Waals surface area contributed by atoms with Crippen molar-refractivity contribution in [3.8, 4) is 23.1 Å². The Hall–Kier alpha value is -5.45. The van der Waals surface area contributed by atoms with Gasteiger partial charge in [-0.1, -0.05) is 44.2 Å². The number of rotatable bonds is 7.